The molecule has 2 aromatic rings. The molecule has 2 N–H and O–H groups in total. The van der Waals surface area contributed by atoms with Crippen LogP contribution in [-0.4, -0.2) is 16.5 Å². The van der Waals surface area contributed by atoms with Crippen molar-refractivity contribution in [3.05, 3.63) is 51.5 Å². The van der Waals surface area contributed by atoms with Gasteiger partial charge in [0.1, 0.15) is 0 Å². The molecule has 3 rings (SSSR count). The topological polar surface area (TPSA) is 40.7 Å². The lowest BCUT2D eigenvalue weighted by Gasteiger charge is -2.24. The summed E-state index contributed by atoms with van der Waals surface area (Å²) in [5, 5.41) is 4.75. The van der Waals surface area contributed by atoms with E-state index in [1.54, 1.807) is 12.4 Å². The van der Waals surface area contributed by atoms with E-state index in [9.17, 15) is 0 Å². The quantitative estimate of drug-likeness (QED) is 0.834. The van der Waals surface area contributed by atoms with E-state index < -0.39 is 0 Å². The maximum Gasteiger partial charge on any atom is 0.0926 e. The van der Waals surface area contributed by atoms with Gasteiger partial charge in [0.15, 0.2) is 0 Å². The first-order valence-corrected chi connectivity index (χ1v) is 6.22. The lowest BCUT2D eigenvalue weighted by molar-refractivity contribution is 0.553. The molecule has 1 atom stereocenters. The van der Waals surface area contributed by atoms with E-state index in [1.165, 1.54) is 5.69 Å². The number of imidazole rings is 1. The van der Waals surface area contributed by atoms with Gasteiger partial charge in [-0.2, -0.15) is 0 Å². The van der Waals surface area contributed by atoms with Crippen LogP contribution in [0.25, 0.3) is 0 Å². The van der Waals surface area contributed by atoms with Crippen molar-refractivity contribution in [2.24, 2.45) is 0 Å². The summed E-state index contributed by atoms with van der Waals surface area (Å²) in [6.07, 6.45) is 2.70. The third kappa shape index (κ3) is 1.95. The minimum atomic E-state index is 0.0507. The Morgan fingerprint density at radius 3 is 3.00 bits per heavy atom. The van der Waals surface area contributed by atoms with E-state index in [1.807, 2.05) is 12.1 Å². The van der Waals surface area contributed by atoms with Gasteiger partial charge in [0.2, 0.25) is 0 Å². The number of rotatable bonds is 1. The average molecular weight is 268 g/mol. The minimum absolute atomic E-state index is 0.0507. The van der Waals surface area contributed by atoms with Gasteiger partial charge < -0.3 is 10.3 Å². The molecular weight excluding hydrogens is 257 g/mol. The number of aromatic amines is 1. The normalized spacial score (nSPS) is 19.1. The molecule has 1 aliphatic heterocycles. The van der Waals surface area contributed by atoms with Crippen LogP contribution in [0.3, 0.4) is 0 Å². The van der Waals surface area contributed by atoms with Crippen LogP contribution in [0.4, 0.5) is 0 Å². The van der Waals surface area contributed by atoms with Gasteiger partial charge >= 0.3 is 0 Å². The fraction of sp³-hybridized carbons (Fsp3) is 0.250. The van der Waals surface area contributed by atoms with E-state index in [4.69, 9.17) is 23.2 Å². The molecule has 2 heterocycles. The van der Waals surface area contributed by atoms with Crippen molar-refractivity contribution in [2.45, 2.75) is 12.5 Å². The monoisotopic (exact) mass is 267 g/mol. The molecule has 5 heteroatoms. The van der Waals surface area contributed by atoms with Gasteiger partial charge in [-0.15, -0.1) is 0 Å². The summed E-state index contributed by atoms with van der Waals surface area (Å²) in [7, 11) is 0. The largest absolute Gasteiger partial charge is 0.348 e. The number of nitrogens with zero attached hydrogens (tertiary/aromatic N) is 1. The van der Waals surface area contributed by atoms with Gasteiger partial charge in [0.25, 0.3) is 0 Å². The van der Waals surface area contributed by atoms with E-state index in [0.29, 0.717) is 10.0 Å². The molecule has 1 aliphatic rings. The number of fused-ring (bicyclic) bond motifs is 1. The number of aromatic nitrogens is 2. The second kappa shape index (κ2) is 4.33. The fourth-order valence-electron chi connectivity index (χ4n) is 2.21. The highest BCUT2D eigenvalue weighted by atomic mass is 35.5. The molecule has 17 heavy (non-hydrogen) atoms. The number of nitrogens with one attached hydrogen (secondary N) is 2. The van der Waals surface area contributed by atoms with Crippen molar-refractivity contribution in [3.63, 3.8) is 0 Å². The predicted molar refractivity (Wildman–Crippen MR) is 68.6 cm³/mol. The summed E-state index contributed by atoms with van der Waals surface area (Å²) >= 11 is 12.1. The second-order valence-corrected chi connectivity index (χ2v) is 4.91. The standard InChI is InChI=1S/C12H11Cl2N3/c13-7-1-2-8(9(14)5-7)11-12-10(3-4-15-11)16-6-17-12/h1-2,5-6,11,15H,3-4H2,(H,16,17)/t11-/m0/s1. The van der Waals surface area contributed by atoms with Crippen LogP contribution >= 0.6 is 23.2 Å². The van der Waals surface area contributed by atoms with E-state index in [2.05, 4.69) is 15.3 Å². The molecule has 0 saturated heterocycles. The molecule has 0 amide bonds. The van der Waals surface area contributed by atoms with Gasteiger partial charge in [0.05, 0.1) is 18.1 Å². The third-order valence-electron chi connectivity index (χ3n) is 3.02. The SMILES string of the molecule is Clc1ccc([C@@H]2NCCc3[nH]cnc32)c(Cl)c1. The van der Waals surface area contributed by atoms with Crippen molar-refractivity contribution in [2.75, 3.05) is 6.54 Å². The van der Waals surface area contributed by atoms with Crippen LogP contribution in [0.2, 0.25) is 10.0 Å². The molecule has 0 unspecified atom stereocenters. The fourth-order valence-corrected chi connectivity index (χ4v) is 2.73. The number of halogens is 2. The zero-order valence-corrected chi connectivity index (χ0v) is 10.5. The summed E-state index contributed by atoms with van der Waals surface area (Å²) in [5.41, 5.74) is 3.23. The Labute approximate surface area is 109 Å². The molecule has 0 saturated carbocycles. The zero-order chi connectivity index (χ0) is 11.8. The van der Waals surface area contributed by atoms with Crippen LogP contribution in [0.5, 0.6) is 0 Å². The van der Waals surface area contributed by atoms with Crippen molar-refractivity contribution in [3.8, 4) is 0 Å². The van der Waals surface area contributed by atoms with Crippen molar-refractivity contribution in [1.29, 1.82) is 0 Å². The Morgan fingerprint density at radius 1 is 1.29 bits per heavy atom. The van der Waals surface area contributed by atoms with Crippen LogP contribution in [0, 0.1) is 0 Å². The highest BCUT2D eigenvalue weighted by Gasteiger charge is 2.25. The molecule has 1 aromatic carbocycles. The molecule has 88 valence electrons. The smallest absolute Gasteiger partial charge is 0.0926 e. The number of hydrogen-bond donors (Lipinski definition) is 2. The lowest BCUT2D eigenvalue weighted by Crippen LogP contribution is -2.30. The maximum absolute atomic E-state index is 6.23. The van der Waals surface area contributed by atoms with Gasteiger partial charge in [-0.3, -0.25) is 0 Å². The van der Waals surface area contributed by atoms with E-state index >= 15 is 0 Å². The molecule has 0 radical (unpaired) electrons. The summed E-state index contributed by atoms with van der Waals surface area (Å²) in [4.78, 5) is 7.54. The van der Waals surface area contributed by atoms with Gasteiger partial charge in [0, 0.05) is 28.7 Å². The van der Waals surface area contributed by atoms with Gasteiger partial charge in [-0.25, -0.2) is 4.98 Å². The minimum Gasteiger partial charge on any atom is -0.348 e. The van der Waals surface area contributed by atoms with Gasteiger partial charge in [-0.1, -0.05) is 29.3 Å². The molecule has 0 spiro atoms. The summed E-state index contributed by atoms with van der Waals surface area (Å²) in [5.74, 6) is 0. The Bertz CT molecular complexity index is 550. The molecule has 3 nitrogen and oxygen atoms in total. The van der Waals surface area contributed by atoms with Crippen LogP contribution in [-0.2, 0) is 6.42 Å². The molecule has 0 fully saturated rings. The molecule has 1 aromatic heterocycles. The number of H-pyrrole nitrogens is 1. The Balaban J connectivity index is 2.06. The second-order valence-electron chi connectivity index (χ2n) is 4.07. The predicted octanol–water partition coefficient (Wildman–Crippen LogP) is 2.95. The van der Waals surface area contributed by atoms with Crippen molar-refractivity contribution in [1.82, 2.24) is 15.3 Å². The van der Waals surface area contributed by atoms with Crippen LogP contribution in [0.15, 0.2) is 24.5 Å². The molecular formula is C12H11Cl2N3. The van der Waals surface area contributed by atoms with Crippen LogP contribution < -0.4 is 5.32 Å². The summed E-state index contributed by atoms with van der Waals surface area (Å²) in [6.45, 7) is 0.915. The summed E-state index contributed by atoms with van der Waals surface area (Å²) in [6, 6.07) is 5.62. The summed E-state index contributed by atoms with van der Waals surface area (Å²) < 4.78 is 0. The van der Waals surface area contributed by atoms with Crippen LogP contribution in [0.1, 0.15) is 23.0 Å². The molecule has 0 bridgehead atoms. The Kier molecular flexibility index (Phi) is 2.82. The number of hydrogen-bond acceptors (Lipinski definition) is 2. The highest BCUT2D eigenvalue weighted by molar-refractivity contribution is 6.35. The van der Waals surface area contributed by atoms with E-state index in [0.717, 1.165) is 24.2 Å². The molecule has 0 aliphatic carbocycles. The van der Waals surface area contributed by atoms with E-state index in [-0.39, 0.29) is 6.04 Å². The van der Waals surface area contributed by atoms with Crippen molar-refractivity contribution < 1.29 is 0 Å². The maximum atomic E-state index is 6.23. The van der Waals surface area contributed by atoms with Gasteiger partial charge in [-0.05, 0) is 17.7 Å². The Morgan fingerprint density at radius 2 is 2.18 bits per heavy atom. The van der Waals surface area contributed by atoms with Crippen molar-refractivity contribution >= 4 is 23.2 Å². The first-order chi connectivity index (χ1) is 8.25. The third-order valence-corrected chi connectivity index (χ3v) is 3.58. The highest BCUT2D eigenvalue weighted by Crippen LogP contribution is 2.32. The lowest BCUT2D eigenvalue weighted by atomic mass is 9.98. The zero-order valence-electron chi connectivity index (χ0n) is 9.00. The Hall–Kier alpha value is -1.03. The first kappa shape index (κ1) is 11.1. The first-order valence-electron chi connectivity index (χ1n) is 5.46. The average Bonchev–Trinajstić information content (AvgIpc) is 2.77. The number of benzene rings is 1.